The Balaban J connectivity index is 1.78. The fraction of sp³-hybridized carbons (Fsp3) is 0.444. The van der Waals surface area contributed by atoms with Crippen molar-refractivity contribution >= 4 is 29.1 Å². The van der Waals surface area contributed by atoms with E-state index in [0.29, 0.717) is 17.0 Å². The molecule has 5 heteroatoms. The van der Waals surface area contributed by atoms with Crippen molar-refractivity contribution in [1.29, 1.82) is 0 Å². The molecule has 1 saturated carbocycles. The fourth-order valence-corrected chi connectivity index (χ4v) is 3.18. The predicted octanol–water partition coefficient (Wildman–Crippen LogP) is 5.24. The molecule has 0 spiro atoms. The SMILES string of the molecule is Cc1cc(NC2CCCCC2)nc(Nc2cc(Cl)ccc2C)n1. The van der Waals surface area contributed by atoms with Crippen molar-refractivity contribution in [3.63, 3.8) is 0 Å². The van der Waals surface area contributed by atoms with Crippen molar-refractivity contribution < 1.29 is 0 Å². The first-order valence-corrected chi connectivity index (χ1v) is 8.63. The van der Waals surface area contributed by atoms with Gasteiger partial charge in [0.1, 0.15) is 5.82 Å². The second-order valence-corrected chi connectivity index (χ2v) is 6.72. The largest absolute Gasteiger partial charge is 0.367 e. The first-order valence-electron chi connectivity index (χ1n) is 8.25. The molecule has 0 atom stereocenters. The number of aromatic nitrogens is 2. The Morgan fingerprint density at radius 1 is 1.04 bits per heavy atom. The van der Waals surface area contributed by atoms with E-state index in [4.69, 9.17) is 11.6 Å². The summed E-state index contributed by atoms with van der Waals surface area (Å²) in [6.45, 7) is 4.03. The molecule has 1 aromatic carbocycles. The lowest BCUT2D eigenvalue weighted by Crippen LogP contribution is -2.23. The Kier molecular flexibility index (Phi) is 5.01. The van der Waals surface area contributed by atoms with Gasteiger partial charge < -0.3 is 10.6 Å². The third-order valence-corrected chi connectivity index (χ3v) is 4.49. The number of hydrogen-bond donors (Lipinski definition) is 2. The maximum atomic E-state index is 6.08. The van der Waals surface area contributed by atoms with Gasteiger partial charge in [0.05, 0.1) is 0 Å². The normalized spacial score (nSPS) is 15.4. The summed E-state index contributed by atoms with van der Waals surface area (Å²) < 4.78 is 0. The molecule has 1 fully saturated rings. The lowest BCUT2D eigenvalue weighted by atomic mass is 9.95. The fourth-order valence-electron chi connectivity index (χ4n) is 3.00. The standard InChI is InChI=1S/C18H23ClN4/c1-12-8-9-14(19)11-16(12)22-18-20-13(2)10-17(23-18)21-15-6-4-3-5-7-15/h8-11,15H,3-7H2,1-2H3,(H2,20,21,22,23). The van der Waals surface area contributed by atoms with Gasteiger partial charge in [-0.25, -0.2) is 4.98 Å². The molecular weight excluding hydrogens is 308 g/mol. The van der Waals surface area contributed by atoms with E-state index in [-0.39, 0.29) is 0 Å². The van der Waals surface area contributed by atoms with Crippen LogP contribution in [0.1, 0.15) is 43.4 Å². The monoisotopic (exact) mass is 330 g/mol. The maximum Gasteiger partial charge on any atom is 0.229 e. The van der Waals surface area contributed by atoms with Crippen molar-refractivity contribution in [2.75, 3.05) is 10.6 Å². The van der Waals surface area contributed by atoms with Gasteiger partial charge in [-0.1, -0.05) is 36.9 Å². The smallest absolute Gasteiger partial charge is 0.229 e. The Bertz CT molecular complexity index is 681. The third-order valence-electron chi connectivity index (χ3n) is 4.26. The van der Waals surface area contributed by atoms with Crippen molar-refractivity contribution in [1.82, 2.24) is 9.97 Å². The van der Waals surface area contributed by atoms with Gasteiger partial charge in [-0.3, -0.25) is 0 Å². The van der Waals surface area contributed by atoms with Crippen LogP contribution in [-0.4, -0.2) is 16.0 Å². The van der Waals surface area contributed by atoms with E-state index in [1.807, 2.05) is 38.1 Å². The third kappa shape index (κ3) is 4.35. The highest BCUT2D eigenvalue weighted by Crippen LogP contribution is 2.25. The average molecular weight is 331 g/mol. The molecule has 23 heavy (non-hydrogen) atoms. The molecule has 1 aliphatic rings. The number of anilines is 3. The highest BCUT2D eigenvalue weighted by molar-refractivity contribution is 6.30. The zero-order chi connectivity index (χ0) is 16.2. The summed E-state index contributed by atoms with van der Waals surface area (Å²) in [6, 6.07) is 8.30. The minimum atomic E-state index is 0.527. The number of benzene rings is 1. The zero-order valence-electron chi connectivity index (χ0n) is 13.7. The number of nitrogens with zero attached hydrogens (tertiary/aromatic N) is 2. The van der Waals surface area contributed by atoms with Gasteiger partial charge in [0.15, 0.2) is 0 Å². The highest BCUT2D eigenvalue weighted by atomic mass is 35.5. The Labute approximate surface area is 142 Å². The lowest BCUT2D eigenvalue weighted by Gasteiger charge is -2.23. The summed E-state index contributed by atoms with van der Waals surface area (Å²) in [6.07, 6.45) is 6.39. The number of halogens is 1. The topological polar surface area (TPSA) is 49.8 Å². The number of nitrogens with one attached hydrogen (secondary N) is 2. The summed E-state index contributed by atoms with van der Waals surface area (Å²) in [5.41, 5.74) is 2.99. The van der Waals surface area contributed by atoms with Crippen LogP contribution in [0.2, 0.25) is 5.02 Å². The number of aryl methyl sites for hydroxylation is 2. The molecule has 0 unspecified atom stereocenters. The molecule has 0 saturated heterocycles. The summed E-state index contributed by atoms with van der Waals surface area (Å²) in [5, 5.41) is 7.54. The molecule has 3 rings (SSSR count). The van der Waals surface area contributed by atoms with Gasteiger partial charge in [-0.2, -0.15) is 4.98 Å². The summed E-state index contributed by atoms with van der Waals surface area (Å²) >= 11 is 6.08. The number of rotatable bonds is 4. The summed E-state index contributed by atoms with van der Waals surface area (Å²) in [4.78, 5) is 9.11. The van der Waals surface area contributed by atoms with Crippen LogP contribution in [0.25, 0.3) is 0 Å². The average Bonchev–Trinajstić information content (AvgIpc) is 2.51. The van der Waals surface area contributed by atoms with Crippen molar-refractivity contribution in [2.24, 2.45) is 0 Å². The molecule has 1 aromatic heterocycles. The van der Waals surface area contributed by atoms with Gasteiger partial charge in [-0.15, -0.1) is 0 Å². The molecule has 0 bridgehead atoms. The Morgan fingerprint density at radius 3 is 2.61 bits per heavy atom. The molecular formula is C18H23ClN4. The minimum absolute atomic E-state index is 0.527. The van der Waals surface area contributed by atoms with Crippen LogP contribution in [0.3, 0.4) is 0 Å². The van der Waals surface area contributed by atoms with Crippen molar-refractivity contribution in [2.45, 2.75) is 52.0 Å². The molecule has 0 aliphatic heterocycles. The molecule has 0 amide bonds. The van der Waals surface area contributed by atoms with E-state index in [1.165, 1.54) is 32.1 Å². The zero-order valence-corrected chi connectivity index (χ0v) is 14.5. The van der Waals surface area contributed by atoms with E-state index in [0.717, 1.165) is 22.8 Å². The van der Waals surface area contributed by atoms with Gasteiger partial charge in [0, 0.05) is 28.5 Å². The van der Waals surface area contributed by atoms with Crippen molar-refractivity contribution in [3.05, 3.63) is 40.5 Å². The highest BCUT2D eigenvalue weighted by Gasteiger charge is 2.14. The van der Waals surface area contributed by atoms with E-state index in [2.05, 4.69) is 20.6 Å². The van der Waals surface area contributed by atoms with Gasteiger partial charge in [0.2, 0.25) is 5.95 Å². The maximum absolute atomic E-state index is 6.08. The van der Waals surface area contributed by atoms with Crippen molar-refractivity contribution in [3.8, 4) is 0 Å². The molecule has 0 radical (unpaired) electrons. The second-order valence-electron chi connectivity index (χ2n) is 6.28. The predicted molar refractivity (Wildman–Crippen MR) is 96.7 cm³/mol. The van der Waals surface area contributed by atoms with Gasteiger partial charge >= 0.3 is 0 Å². The molecule has 122 valence electrons. The van der Waals surface area contributed by atoms with Crippen LogP contribution < -0.4 is 10.6 Å². The lowest BCUT2D eigenvalue weighted by molar-refractivity contribution is 0.462. The van der Waals surface area contributed by atoms with E-state index >= 15 is 0 Å². The van der Waals surface area contributed by atoms with Crippen LogP contribution in [0.5, 0.6) is 0 Å². The van der Waals surface area contributed by atoms with E-state index in [1.54, 1.807) is 0 Å². The van der Waals surface area contributed by atoms with E-state index in [9.17, 15) is 0 Å². The molecule has 1 heterocycles. The summed E-state index contributed by atoms with van der Waals surface area (Å²) in [7, 11) is 0. The molecule has 2 N–H and O–H groups in total. The Morgan fingerprint density at radius 2 is 1.83 bits per heavy atom. The molecule has 4 nitrogen and oxygen atoms in total. The first-order chi connectivity index (χ1) is 11.1. The second kappa shape index (κ2) is 7.18. The van der Waals surface area contributed by atoms with Gasteiger partial charge in [0.25, 0.3) is 0 Å². The summed E-state index contributed by atoms with van der Waals surface area (Å²) in [5.74, 6) is 1.50. The molecule has 2 aromatic rings. The van der Waals surface area contributed by atoms with Gasteiger partial charge in [-0.05, 0) is 44.4 Å². The van der Waals surface area contributed by atoms with Crippen LogP contribution in [0.4, 0.5) is 17.5 Å². The quantitative estimate of drug-likeness (QED) is 0.805. The number of hydrogen-bond acceptors (Lipinski definition) is 4. The molecule has 1 aliphatic carbocycles. The Hall–Kier alpha value is -1.81. The van der Waals surface area contributed by atoms with Crippen LogP contribution in [0, 0.1) is 13.8 Å². The van der Waals surface area contributed by atoms with Crippen LogP contribution >= 0.6 is 11.6 Å². The van der Waals surface area contributed by atoms with Crippen LogP contribution in [-0.2, 0) is 0 Å². The van der Waals surface area contributed by atoms with E-state index < -0.39 is 0 Å². The first kappa shape index (κ1) is 16.1. The van der Waals surface area contributed by atoms with Crippen LogP contribution in [0.15, 0.2) is 24.3 Å². The minimum Gasteiger partial charge on any atom is -0.367 e.